The first-order chi connectivity index (χ1) is 10.2. The second-order valence-corrected chi connectivity index (χ2v) is 5.38. The summed E-state index contributed by atoms with van der Waals surface area (Å²) in [5.41, 5.74) is 4.10. The van der Waals surface area contributed by atoms with E-state index in [1.165, 1.54) is 5.56 Å². The molecule has 2 heteroatoms. The van der Waals surface area contributed by atoms with Gasteiger partial charge in [-0.15, -0.1) is 0 Å². The SMILES string of the molecule is Cc1cc(OCCCCc2ccccc2)cc(C)c1C=O. The highest BCUT2D eigenvalue weighted by Crippen LogP contribution is 2.20. The molecule has 0 bridgehead atoms. The average molecular weight is 282 g/mol. The molecule has 0 atom stereocenters. The molecule has 2 aromatic carbocycles. The van der Waals surface area contributed by atoms with Crippen LogP contribution in [-0.2, 0) is 6.42 Å². The van der Waals surface area contributed by atoms with Crippen molar-refractivity contribution in [1.82, 2.24) is 0 Å². The summed E-state index contributed by atoms with van der Waals surface area (Å²) in [7, 11) is 0. The fraction of sp³-hybridized carbons (Fsp3) is 0.316. The van der Waals surface area contributed by atoms with Gasteiger partial charge in [0.25, 0.3) is 0 Å². The Morgan fingerprint density at radius 3 is 2.29 bits per heavy atom. The van der Waals surface area contributed by atoms with Gasteiger partial charge in [-0.2, -0.15) is 0 Å². The molecule has 0 fully saturated rings. The zero-order valence-corrected chi connectivity index (χ0v) is 12.8. The second kappa shape index (κ2) is 7.63. The van der Waals surface area contributed by atoms with E-state index < -0.39 is 0 Å². The van der Waals surface area contributed by atoms with Gasteiger partial charge in [-0.3, -0.25) is 4.79 Å². The molecule has 0 aliphatic carbocycles. The summed E-state index contributed by atoms with van der Waals surface area (Å²) in [4.78, 5) is 11.0. The fourth-order valence-electron chi connectivity index (χ4n) is 2.47. The van der Waals surface area contributed by atoms with E-state index in [9.17, 15) is 4.79 Å². The Hall–Kier alpha value is -2.09. The van der Waals surface area contributed by atoms with Gasteiger partial charge in [0.2, 0.25) is 0 Å². The number of unbranched alkanes of at least 4 members (excludes halogenated alkanes) is 1. The summed E-state index contributed by atoms with van der Waals surface area (Å²) in [6.45, 7) is 4.60. The predicted molar refractivity (Wildman–Crippen MR) is 86.2 cm³/mol. The van der Waals surface area contributed by atoms with Gasteiger partial charge in [0.1, 0.15) is 5.75 Å². The lowest BCUT2D eigenvalue weighted by atomic mass is 10.0. The molecule has 0 saturated carbocycles. The molecule has 2 nitrogen and oxygen atoms in total. The van der Waals surface area contributed by atoms with Gasteiger partial charge < -0.3 is 4.74 Å². The van der Waals surface area contributed by atoms with Gasteiger partial charge in [0.15, 0.2) is 6.29 Å². The van der Waals surface area contributed by atoms with Crippen molar-refractivity contribution in [2.75, 3.05) is 6.61 Å². The summed E-state index contributed by atoms with van der Waals surface area (Å²) in [5, 5.41) is 0. The molecule has 0 aliphatic heterocycles. The topological polar surface area (TPSA) is 26.3 Å². The van der Waals surface area contributed by atoms with Crippen LogP contribution < -0.4 is 4.74 Å². The first-order valence-electron chi connectivity index (χ1n) is 7.44. The van der Waals surface area contributed by atoms with E-state index in [0.29, 0.717) is 6.61 Å². The molecule has 21 heavy (non-hydrogen) atoms. The van der Waals surface area contributed by atoms with Crippen molar-refractivity contribution in [3.63, 3.8) is 0 Å². The van der Waals surface area contributed by atoms with Crippen LogP contribution in [0.2, 0.25) is 0 Å². The molecule has 0 heterocycles. The Labute approximate surface area is 126 Å². The third-order valence-electron chi connectivity index (χ3n) is 3.66. The number of carbonyl (C=O) groups excluding carboxylic acids is 1. The van der Waals surface area contributed by atoms with Crippen LogP contribution >= 0.6 is 0 Å². The Morgan fingerprint density at radius 2 is 1.67 bits per heavy atom. The van der Waals surface area contributed by atoms with E-state index in [1.54, 1.807) is 0 Å². The molecule has 0 unspecified atom stereocenters. The van der Waals surface area contributed by atoms with Crippen LogP contribution in [0.5, 0.6) is 5.75 Å². The number of aryl methyl sites for hydroxylation is 3. The van der Waals surface area contributed by atoms with Crippen LogP contribution in [0.3, 0.4) is 0 Å². The summed E-state index contributed by atoms with van der Waals surface area (Å²) in [6, 6.07) is 14.4. The first-order valence-corrected chi connectivity index (χ1v) is 7.44. The number of aldehydes is 1. The summed E-state index contributed by atoms with van der Waals surface area (Å²) >= 11 is 0. The van der Waals surface area contributed by atoms with Gasteiger partial charge in [0.05, 0.1) is 6.61 Å². The average Bonchev–Trinajstić information content (AvgIpc) is 2.48. The highest BCUT2D eigenvalue weighted by atomic mass is 16.5. The molecule has 0 radical (unpaired) electrons. The minimum absolute atomic E-state index is 0.714. The Bertz CT molecular complexity index is 565. The molecule has 0 aromatic heterocycles. The number of carbonyl (C=O) groups is 1. The van der Waals surface area contributed by atoms with E-state index in [4.69, 9.17) is 4.74 Å². The number of rotatable bonds is 7. The van der Waals surface area contributed by atoms with Crippen molar-refractivity contribution in [3.8, 4) is 5.75 Å². The Kier molecular flexibility index (Phi) is 5.56. The van der Waals surface area contributed by atoms with Gasteiger partial charge in [0, 0.05) is 5.56 Å². The predicted octanol–water partition coefficient (Wildman–Crippen LogP) is 4.52. The van der Waals surface area contributed by atoms with Crippen molar-refractivity contribution < 1.29 is 9.53 Å². The minimum Gasteiger partial charge on any atom is -0.494 e. The molecule has 2 rings (SSSR count). The Morgan fingerprint density at radius 1 is 1.00 bits per heavy atom. The number of hydrogen-bond donors (Lipinski definition) is 0. The third kappa shape index (κ3) is 4.45. The molecule has 0 spiro atoms. The zero-order valence-electron chi connectivity index (χ0n) is 12.8. The lowest BCUT2D eigenvalue weighted by Gasteiger charge is -2.10. The quantitative estimate of drug-likeness (QED) is 0.551. The summed E-state index contributed by atoms with van der Waals surface area (Å²) < 4.78 is 5.79. The lowest BCUT2D eigenvalue weighted by molar-refractivity contribution is 0.112. The molecular weight excluding hydrogens is 260 g/mol. The smallest absolute Gasteiger partial charge is 0.150 e. The fourth-order valence-corrected chi connectivity index (χ4v) is 2.47. The second-order valence-electron chi connectivity index (χ2n) is 5.38. The van der Waals surface area contributed by atoms with Crippen molar-refractivity contribution >= 4 is 6.29 Å². The van der Waals surface area contributed by atoms with Gasteiger partial charge in [-0.1, -0.05) is 30.3 Å². The van der Waals surface area contributed by atoms with Crippen molar-refractivity contribution in [2.45, 2.75) is 33.1 Å². The van der Waals surface area contributed by atoms with E-state index >= 15 is 0 Å². The maximum Gasteiger partial charge on any atom is 0.150 e. The van der Waals surface area contributed by atoms with Crippen molar-refractivity contribution in [1.29, 1.82) is 0 Å². The van der Waals surface area contributed by atoms with Gasteiger partial charge in [-0.25, -0.2) is 0 Å². The monoisotopic (exact) mass is 282 g/mol. The number of ether oxygens (including phenoxy) is 1. The highest BCUT2D eigenvalue weighted by Gasteiger charge is 2.04. The van der Waals surface area contributed by atoms with Crippen LogP contribution in [0, 0.1) is 13.8 Å². The normalized spacial score (nSPS) is 10.4. The van der Waals surface area contributed by atoms with Crippen LogP contribution in [0.4, 0.5) is 0 Å². The van der Waals surface area contributed by atoms with Gasteiger partial charge in [-0.05, 0) is 61.9 Å². The van der Waals surface area contributed by atoms with Crippen molar-refractivity contribution in [2.24, 2.45) is 0 Å². The number of hydrogen-bond acceptors (Lipinski definition) is 2. The Balaban J connectivity index is 1.77. The van der Waals surface area contributed by atoms with E-state index in [-0.39, 0.29) is 0 Å². The largest absolute Gasteiger partial charge is 0.494 e. The lowest BCUT2D eigenvalue weighted by Crippen LogP contribution is -2.00. The molecule has 0 amide bonds. The van der Waals surface area contributed by atoms with Crippen molar-refractivity contribution in [3.05, 3.63) is 64.7 Å². The molecule has 0 aliphatic rings. The zero-order chi connectivity index (χ0) is 15.1. The van der Waals surface area contributed by atoms with Crippen LogP contribution in [0.1, 0.15) is 39.9 Å². The molecule has 0 N–H and O–H groups in total. The standard InChI is InChI=1S/C19H22O2/c1-15-12-18(13-16(2)19(15)14-20)21-11-7-6-10-17-8-4-3-5-9-17/h3-5,8-9,12-14H,6-7,10-11H2,1-2H3. The van der Waals surface area contributed by atoms with Crippen LogP contribution in [-0.4, -0.2) is 12.9 Å². The molecule has 110 valence electrons. The first kappa shape index (κ1) is 15.3. The van der Waals surface area contributed by atoms with E-state index in [2.05, 4.69) is 24.3 Å². The summed E-state index contributed by atoms with van der Waals surface area (Å²) in [6.07, 6.45) is 4.15. The number of benzene rings is 2. The molecule has 0 saturated heterocycles. The van der Waals surface area contributed by atoms with Gasteiger partial charge >= 0.3 is 0 Å². The maximum atomic E-state index is 11.0. The van der Waals surface area contributed by atoms with Crippen LogP contribution in [0.15, 0.2) is 42.5 Å². The highest BCUT2D eigenvalue weighted by molar-refractivity contribution is 5.80. The van der Waals surface area contributed by atoms with E-state index in [0.717, 1.165) is 48.0 Å². The third-order valence-corrected chi connectivity index (χ3v) is 3.66. The van der Waals surface area contributed by atoms with E-state index in [1.807, 2.05) is 32.0 Å². The molecular formula is C19H22O2. The molecule has 2 aromatic rings. The summed E-state index contributed by atoms with van der Waals surface area (Å²) in [5.74, 6) is 0.857. The minimum atomic E-state index is 0.714. The maximum absolute atomic E-state index is 11.0. The van der Waals surface area contributed by atoms with Crippen LogP contribution in [0.25, 0.3) is 0 Å².